The van der Waals surface area contributed by atoms with Gasteiger partial charge in [0.05, 0.1) is 19.2 Å². The number of aliphatic imine (C=N–C) groups is 1. The molecule has 0 aliphatic carbocycles. The second-order valence-corrected chi connectivity index (χ2v) is 12.2. The summed E-state index contributed by atoms with van der Waals surface area (Å²) in [4.78, 5) is 8.93. The van der Waals surface area contributed by atoms with Gasteiger partial charge in [0, 0.05) is 16.9 Å². The minimum atomic E-state index is -1.48. The van der Waals surface area contributed by atoms with E-state index in [0.717, 1.165) is 15.9 Å². The van der Waals surface area contributed by atoms with Crippen molar-refractivity contribution in [3.05, 3.63) is 22.4 Å². The Balaban J connectivity index is 2.57. The van der Waals surface area contributed by atoms with Crippen molar-refractivity contribution in [2.45, 2.75) is 39.0 Å². The molecule has 98 valence electrons. The van der Waals surface area contributed by atoms with Crippen LogP contribution >= 0.6 is 15.9 Å². The van der Waals surface area contributed by atoms with Crippen LogP contribution in [0.1, 0.15) is 19.4 Å². The van der Waals surface area contributed by atoms with Crippen LogP contribution in [0.2, 0.25) is 19.6 Å². The van der Waals surface area contributed by atoms with Crippen LogP contribution in [0.3, 0.4) is 0 Å². The second-order valence-electron chi connectivity index (χ2n) is 6.31. The van der Waals surface area contributed by atoms with Gasteiger partial charge in [-0.2, -0.15) is 0 Å². The average molecular weight is 327 g/mol. The van der Waals surface area contributed by atoms with Gasteiger partial charge in [0.25, 0.3) is 0 Å². The van der Waals surface area contributed by atoms with E-state index in [4.69, 9.17) is 4.74 Å². The van der Waals surface area contributed by atoms with Gasteiger partial charge in [-0.25, -0.2) is 4.99 Å². The molecule has 0 fully saturated rings. The molecular weight excluding hydrogens is 308 g/mol. The van der Waals surface area contributed by atoms with E-state index in [1.807, 2.05) is 12.4 Å². The Hall–Kier alpha value is -0.683. The number of hydrogen-bond acceptors (Lipinski definition) is 3. The first-order chi connectivity index (χ1) is 8.21. The molecule has 0 amide bonds. The monoisotopic (exact) mass is 326 g/mol. The van der Waals surface area contributed by atoms with E-state index in [1.54, 1.807) is 0 Å². The third kappa shape index (κ3) is 2.67. The lowest BCUT2D eigenvalue weighted by Gasteiger charge is -2.21. The van der Waals surface area contributed by atoms with Gasteiger partial charge in [-0.05, 0) is 35.0 Å². The van der Waals surface area contributed by atoms with Crippen LogP contribution in [-0.4, -0.2) is 31.1 Å². The molecular formula is C13H19BrN2OSi. The van der Waals surface area contributed by atoms with Gasteiger partial charge in [-0.15, -0.1) is 0 Å². The van der Waals surface area contributed by atoms with Crippen molar-refractivity contribution in [2.24, 2.45) is 4.99 Å². The van der Waals surface area contributed by atoms with Crippen LogP contribution in [-0.2, 0) is 4.74 Å². The molecule has 3 nitrogen and oxygen atoms in total. The topological polar surface area (TPSA) is 34.5 Å². The Kier molecular flexibility index (Phi) is 3.40. The molecule has 18 heavy (non-hydrogen) atoms. The molecule has 5 heteroatoms. The Bertz CT molecular complexity index is 506. The summed E-state index contributed by atoms with van der Waals surface area (Å²) in [5.74, 6) is 0.742. The standard InChI is InChI=1S/C13H19BrN2OSi/c1-13(2)8-17-12(16-13)9-6-15-7-10(14)11(9)18(3,4)5/h6-7H,8H2,1-5H3. The minimum absolute atomic E-state index is 0.131. The first-order valence-corrected chi connectivity index (χ1v) is 10.4. The molecule has 0 N–H and O–H groups in total. The summed E-state index contributed by atoms with van der Waals surface area (Å²) in [6.45, 7) is 11.8. The van der Waals surface area contributed by atoms with Crippen LogP contribution in [0.4, 0.5) is 0 Å². The van der Waals surface area contributed by atoms with Gasteiger partial charge in [-0.3, -0.25) is 4.98 Å². The fourth-order valence-corrected chi connectivity index (χ4v) is 5.96. The molecule has 0 unspecified atom stereocenters. The lowest BCUT2D eigenvalue weighted by molar-refractivity contribution is 0.279. The summed E-state index contributed by atoms with van der Waals surface area (Å²) in [7, 11) is -1.48. The Morgan fingerprint density at radius 2 is 1.94 bits per heavy atom. The molecule has 0 saturated carbocycles. The molecule has 0 radical (unpaired) electrons. The molecule has 1 aromatic rings. The van der Waals surface area contributed by atoms with E-state index in [1.165, 1.54) is 5.19 Å². The molecule has 0 atom stereocenters. The highest BCUT2D eigenvalue weighted by atomic mass is 79.9. The third-order valence-electron chi connectivity index (χ3n) is 2.85. The number of rotatable bonds is 2. The number of aromatic nitrogens is 1. The third-order valence-corrected chi connectivity index (χ3v) is 5.85. The molecule has 2 heterocycles. The maximum atomic E-state index is 5.76. The minimum Gasteiger partial charge on any atom is -0.475 e. The summed E-state index contributed by atoms with van der Waals surface area (Å²) in [6.07, 6.45) is 3.73. The number of halogens is 1. The van der Waals surface area contributed by atoms with E-state index in [9.17, 15) is 0 Å². The van der Waals surface area contributed by atoms with Crippen LogP contribution in [0, 0.1) is 0 Å². The average Bonchev–Trinajstić information content (AvgIpc) is 2.56. The Labute approximate surface area is 118 Å². The highest BCUT2D eigenvalue weighted by Gasteiger charge is 2.32. The zero-order valence-electron chi connectivity index (χ0n) is 11.5. The lowest BCUT2D eigenvalue weighted by atomic mass is 10.1. The number of nitrogens with zero attached hydrogens (tertiary/aromatic N) is 2. The van der Waals surface area contributed by atoms with E-state index in [2.05, 4.69) is 59.4 Å². The molecule has 0 aromatic carbocycles. The van der Waals surface area contributed by atoms with Gasteiger partial charge in [0.2, 0.25) is 5.90 Å². The van der Waals surface area contributed by atoms with Crippen molar-refractivity contribution in [1.82, 2.24) is 4.98 Å². The summed E-state index contributed by atoms with van der Waals surface area (Å²) in [6, 6.07) is 0. The summed E-state index contributed by atoms with van der Waals surface area (Å²) >= 11 is 3.62. The fraction of sp³-hybridized carbons (Fsp3) is 0.538. The zero-order chi connectivity index (χ0) is 13.6. The van der Waals surface area contributed by atoms with E-state index in [0.29, 0.717) is 6.61 Å². The first kappa shape index (κ1) is 13.7. The molecule has 2 rings (SSSR count). The van der Waals surface area contributed by atoms with Gasteiger partial charge in [-0.1, -0.05) is 19.6 Å². The van der Waals surface area contributed by atoms with E-state index < -0.39 is 8.07 Å². The first-order valence-electron chi connectivity index (χ1n) is 6.08. The Morgan fingerprint density at radius 1 is 1.28 bits per heavy atom. The van der Waals surface area contributed by atoms with Crippen molar-refractivity contribution < 1.29 is 4.74 Å². The van der Waals surface area contributed by atoms with Crippen LogP contribution < -0.4 is 5.19 Å². The quantitative estimate of drug-likeness (QED) is 0.783. The molecule has 1 aliphatic rings. The number of pyridine rings is 1. The molecule has 0 bridgehead atoms. The maximum absolute atomic E-state index is 5.76. The zero-order valence-corrected chi connectivity index (χ0v) is 14.1. The van der Waals surface area contributed by atoms with Gasteiger partial charge >= 0.3 is 0 Å². The van der Waals surface area contributed by atoms with Crippen molar-refractivity contribution in [3.8, 4) is 0 Å². The maximum Gasteiger partial charge on any atom is 0.218 e. The van der Waals surface area contributed by atoms with Gasteiger partial charge < -0.3 is 4.74 Å². The lowest BCUT2D eigenvalue weighted by Crippen LogP contribution is -2.42. The summed E-state index contributed by atoms with van der Waals surface area (Å²) in [5, 5.41) is 1.33. The molecule has 0 saturated heterocycles. The summed E-state index contributed by atoms with van der Waals surface area (Å²) in [5.41, 5.74) is 0.920. The second kappa shape index (κ2) is 4.45. The van der Waals surface area contributed by atoms with E-state index in [-0.39, 0.29) is 5.54 Å². The van der Waals surface area contributed by atoms with Crippen molar-refractivity contribution in [2.75, 3.05) is 6.61 Å². The number of hydrogen-bond donors (Lipinski definition) is 0. The smallest absolute Gasteiger partial charge is 0.218 e. The summed E-state index contributed by atoms with van der Waals surface area (Å²) < 4.78 is 6.82. The molecule has 1 aliphatic heterocycles. The molecule has 1 aromatic heterocycles. The van der Waals surface area contributed by atoms with Crippen LogP contribution in [0.15, 0.2) is 21.9 Å². The number of ether oxygens (including phenoxy) is 1. The van der Waals surface area contributed by atoms with E-state index >= 15 is 0 Å². The highest BCUT2D eigenvalue weighted by Crippen LogP contribution is 2.22. The van der Waals surface area contributed by atoms with Crippen molar-refractivity contribution in [1.29, 1.82) is 0 Å². The van der Waals surface area contributed by atoms with Crippen LogP contribution in [0.25, 0.3) is 0 Å². The normalized spacial score (nSPS) is 18.4. The fourth-order valence-electron chi connectivity index (χ4n) is 2.08. The molecule has 0 spiro atoms. The SMILES string of the molecule is CC1(C)COC(c2cncc(Br)c2[Si](C)(C)C)=N1. The van der Waals surface area contributed by atoms with Crippen molar-refractivity contribution >= 4 is 35.1 Å². The van der Waals surface area contributed by atoms with Gasteiger partial charge in [0.15, 0.2) is 0 Å². The highest BCUT2D eigenvalue weighted by molar-refractivity contribution is 9.10. The van der Waals surface area contributed by atoms with Crippen molar-refractivity contribution in [3.63, 3.8) is 0 Å². The predicted octanol–water partition coefficient (Wildman–Crippen LogP) is 2.94. The predicted molar refractivity (Wildman–Crippen MR) is 81.5 cm³/mol. The van der Waals surface area contributed by atoms with Gasteiger partial charge in [0.1, 0.15) is 6.61 Å². The Morgan fingerprint density at radius 3 is 2.44 bits per heavy atom. The van der Waals surface area contributed by atoms with Crippen LogP contribution in [0.5, 0.6) is 0 Å². The largest absolute Gasteiger partial charge is 0.475 e.